The average Bonchev–Trinajstić information content (AvgIpc) is 2.71. The van der Waals surface area contributed by atoms with Gasteiger partial charge in [-0.3, -0.25) is 4.98 Å². The van der Waals surface area contributed by atoms with E-state index in [1.54, 1.807) is 24.4 Å². The van der Waals surface area contributed by atoms with Crippen LogP contribution in [0.4, 0.5) is 10.5 Å². The molecule has 0 saturated heterocycles. The maximum Gasteiger partial charge on any atom is 0.319 e. The molecular weight excluding hydrogens is 390 g/mol. The van der Waals surface area contributed by atoms with Crippen LogP contribution in [-0.4, -0.2) is 24.2 Å². The normalized spacial score (nSPS) is 10.3. The Balaban J connectivity index is 1.42. The highest BCUT2D eigenvalue weighted by Gasteiger charge is 2.07. The second kappa shape index (κ2) is 10.3. The van der Waals surface area contributed by atoms with Crippen LogP contribution < -0.4 is 20.1 Å². The molecule has 0 spiro atoms. The SMILES string of the molecule is Cc1cccc(OCCNC(=O)Nc2ccc(OCc3ccccn3)c(Cl)c2)c1. The van der Waals surface area contributed by atoms with Crippen molar-refractivity contribution >= 4 is 23.3 Å². The van der Waals surface area contributed by atoms with E-state index >= 15 is 0 Å². The van der Waals surface area contributed by atoms with E-state index in [4.69, 9.17) is 21.1 Å². The monoisotopic (exact) mass is 411 g/mol. The number of amides is 2. The number of carbonyl (C=O) groups excluding carboxylic acids is 1. The molecule has 0 unspecified atom stereocenters. The number of halogens is 1. The quantitative estimate of drug-likeness (QED) is 0.521. The molecule has 2 N–H and O–H groups in total. The average molecular weight is 412 g/mol. The summed E-state index contributed by atoms with van der Waals surface area (Å²) in [7, 11) is 0. The van der Waals surface area contributed by atoms with E-state index in [9.17, 15) is 4.79 Å². The van der Waals surface area contributed by atoms with Gasteiger partial charge in [0, 0.05) is 11.9 Å². The summed E-state index contributed by atoms with van der Waals surface area (Å²) in [6.45, 7) is 3.06. The topological polar surface area (TPSA) is 72.5 Å². The lowest BCUT2D eigenvalue weighted by Gasteiger charge is -2.11. The van der Waals surface area contributed by atoms with E-state index in [0.717, 1.165) is 17.0 Å². The van der Waals surface area contributed by atoms with E-state index in [1.807, 2.05) is 49.4 Å². The van der Waals surface area contributed by atoms with Crippen molar-refractivity contribution in [1.82, 2.24) is 10.3 Å². The van der Waals surface area contributed by atoms with Crippen LogP contribution >= 0.6 is 11.6 Å². The standard InChI is InChI=1S/C22H22ClN3O3/c1-16-5-4-7-19(13-16)28-12-11-25-22(27)26-17-8-9-21(20(23)14-17)29-15-18-6-2-3-10-24-18/h2-10,13-14H,11-12,15H2,1H3,(H2,25,26,27). The van der Waals surface area contributed by atoms with Crippen molar-refractivity contribution in [2.24, 2.45) is 0 Å². The van der Waals surface area contributed by atoms with Crippen LogP contribution in [0.3, 0.4) is 0 Å². The molecule has 6 nitrogen and oxygen atoms in total. The molecule has 0 aliphatic rings. The second-order valence-corrected chi connectivity index (χ2v) is 6.71. The molecule has 3 aromatic rings. The van der Waals surface area contributed by atoms with E-state index in [1.165, 1.54) is 0 Å². The summed E-state index contributed by atoms with van der Waals surface area (Å²) in [6.07, 6.45) is 1.71. The van der Waals surface area contributed by atoms with Gasteiger partial charge in [0.25, 0.3) is 0 Å². The number of ether oxygens (including phenoxy) is 2. The molecule has 0 fully saturated rings. The number of anilines is 1. The number of hydrogen-bond donors (Lipinski definition) is 2. The van der Waals surface area contributed by atoms with Gasteiger partial charge in [-0.25, -0.2) is 4.79 Å². The molecule has 0 radical (unpaired) electrons. The first-order chi connectivity index (χ1) is 14.1. The molecule has 0 atom stereocenters. The maximum atomic E-state index is 12.0. The van der Waals surface area contributed by atoms with Crippen molar-refractivity contribution in [3.05, 3.63) is 83.1 Å². The minimum Gasteiger partial charge on any atom is -0.492 e. The van der Waals surface area contributed by atoms with Gasteiger partial charge in [0.15, 0.2) is 0 Å². The largest absolute Gasteiger partial charge is 0.492 e. The number of aromatic nitrogens is 1. The van der Waals surface area contributed by atoms with Gasteiger partial charge in [-0.1, -0.05) is 29.8 Å². The number of nitrogens with one attached hydrogen (secondary N) is 2. The fourth-order valence-corrected chi connectivity index (χ4v) is 2.78. The predicted molar refractivity (Wildman–Crippen MR) is 114 cm³/mol. The van der Waals surface area contributed by atoms with Crippen LogP contribution in [0.5, 0.6) is 11.5 Å². The summed E-state index contributed by atoms with van der Waals surface area (Å²) in [4.78, 5) is 16.2. The van der Waals surface area contributed by atoms with Gasteiger partial charge in [-0.05, 0) is 55.0 Å². The Bertz CT molecular complexity index is 951. The number of urea groups is 1. The first kappa shape index (κ1) is 20.5. The van der Waals surface area contributed by atoms with Crippen molar-refractivity contribution in [1.29, 1.82) is 0 Å². The van der Waals surface area contributed by atoms with Gasteiger partial charge >= 0.3 is 6.03 Å². The lowest BCUT2D eigenvalue weighted by molar-refractivity contribution is 0.247. The zero-order chi connectivity index (χ0) is 20.5. The molecule has 3 rings (SSSR count). The highest BCUT2D eigenvalue weighted by atomic mass is 35.5. The van der Waals surface area contributed by atoms with Crippen molar-refractivity contribution in [3.63, 3.8) is 0 Å². The number of aryl methyl sites for hydroxylation is 1. The molecular formula is C22H22ClN3O3. The van der Waals surface area contributed by atoms with Crippen LogP contribution in [0.2, 0.25) is 5.02 Å². The second-order valence-electron chi connectivity index (χ2n) is 6.30. The maximum absolute atomic E-state index is 12.0. The number of benzene rings is 2. The summed E-state index contributed by atoms with van der Waals surface area (Å²) >= 11 is 6.25. The van der Waals surface area contributed by atoms with Crippen LogP contribution in [0, 0.1) is 6.92 Å². The third-order valence-corrected chi connectivity index (χ3v) is 4.23. The third-order valence-electron chi connectivity index (χ3n) is 3.94. The minimum absolute atomic E-state index is 0.314. The number of nitrogens with zero attached hydrogens (tertiary/aromatic N) is 1. The predicted octanol–water partition coefficient (Wildman–Crippen LogP) is 4.82. The molecule has 29 heavy (non-hydrogen) atoms. The van der Waals surface area contributed by atoms with Crippen molar-refractivity contribution in [3.8, 4) is 11.5 Å². The van der Waals surface area contributed by atoms with E-state index in [0.29, 0.717) is 36.2 Å². The molecule has 0 bridgehead atoms. The smallest absolute Gasteiger partial charge is 0.319 e. The first-order valence-corrected chi connectivity index (χ1v) is 9.54. The van der Waals surface area contributed by atoms with Gasteiger partial charge < -0.3 is 20.1 Å². The summed E-state index contributed by atoms with van der Waals surface area (Å²) < 4.78 is 11.3. The van der Waals surface area contributed by atoms with E-state index < -0.39 is 0 Å². The van der Waals surface area contributed by atoms with E-state index in [2.05, 4.69) is 15.6 Å². The Morgan fingerprint density at radius 3 is 2.72 bits per heavy atom. The minimum atomic E-state index is -0.337. The first-order valence-electron chi connectivity index (χ1n) is 9.17. The van der Waals surface area contributed by atoms with Gasteiger partial charge in [-0.15, -0.1) is 0 Å². The lowest BCUT2D eigenvalue weighted by atomic mass is 10.2. The summed E-state index contributed by atoms with van der Waals surface area (Å²) in [5.41, 5.74) is 2.49. The van der Waals surface area contributed by atoms with Crippen LogP contribution in [0.1, 0.15) is 11.3 Å². The summed E-state index contributed by atoms with van der Waals surface area (Å²) in [5.74, 6) is 1.30. The molecule has 1 aromatic heterocycles. The highest BCUT2D eigenvalue weighted by Crippen LogP contribution is 2.28. The molecule has 0 aliphatic heterocycles. The van der Waals surface area contributed by atoms with Gasteiger partial charge in [0.05, 0.1) is 17.3 Å². The Morgan fingerprint density at radius 2 is 1.97 bits per heavy atom. The Morgan fingerprint density at radius 1 is 1.07 bits per heavy atom. The van der Waals surface area contributed by atoms with Gasteiger partial charge in [-0.2, -0.15) is 0 Å². The third kappa shape index (κ3) is 6.69. The Labute approximate surface area is 174 Å². The summed E-state index contributed by atoms with van der Waals surface area (Å²) in [5, 5.41) is 5.88. The molecule has 2 amide bonds. The lowest BCUT2D eigenvalue weighted by Crippen LogP contribution is -2.32. The summed E-state index contributed by atoms with van der Waals surface area (Å²) in [6, 6.07) is 18.1. The van der Waals surface area contributed by atoms with Crippen LogP contribution in [0.25, 0.3) is 0 Å². The van der Waals surface area contributed by atoms with E-state index in [-0.39, 0.29) is 6.03 Å². The molecule has 1 heterocycles. The number of hydrogen-bond acceptors (Lipinski definition) is 4. The fourth-order valence-electron chi connectivity index (χ4n) is 2.54. The molecule has 0 aliphatic carbocycles. The zero-order valence-corrected chi connectivity index (χ0v) is 16.8. The number of pyridine rings is 1. The zero-order valence-electron chi connectivity index (χ0n) is 16.0. The molecule has 150 valence electrons. The van der Waals surface area contributed by atoms with Crippen molar-refractivity contribution in [2.45, 2.75) is 13.5 Å². The Hall–Kier alpha value is -3.25. The number of carbonyl (C=O) groups is 1. The van der Waals surface area contributed by atoms with Gasteiger partial charge in [0.1, 0.15) is 24.7 Å². The Kier molecular flexibility index (Phi) is 7.30. The fraction of sp³-hybridized carbons (Fsp3) is 0.182. The van der Waals surface area contributed by atoms with Crippen LogP contribution in [0.15, 0.2) is 66.9 Å². The van der Waals surface area contributed by atoms with Gasteiger partial charge in [0.2, 0.25) is 0 Å². The molecule has 2 aromatic carbocycles. The van der Waals surface area contributed by atoms with Crippen molar-refractivity contribution < 1.29 is 14.3 Å². The van der Waals surface area contributed by atoms with Crippen LogP contribution in [-0.2, 0) is 6.61 Å². The molecule has 0 saturated carbocycles. The highest BCUT2D eigenvalue weighted by molar-refractivity contribution is 6.32. The molecule has 7 heteroatoms. The number of rotatable bonds is 8. The van der Waals surface area contributed by atoms with Crippen molar-refractivity contribution in [2.75, 3.05) is 18.5 Å².